The van der Waals surface area contributed by atoms with E-state index in [0.717, 1.165) is 19.4 Å². The Balaban J connectivity index is 3.04. The first-order valence-electron chi connectivity index (χ1n) is 8.83. The molecule has 0 spiro atoms. The summed E-state index contributed by atoms with van der Waals surface area (Å²) in [5.74, 6) is 1.19. The van der Waals surface area contributed by atoms with Gasteiger partial charge in [-0.05, 0) is 25.7 Å². The molecular weight excluding hydrogens is 258 g/mol. The topological polar surface area (TPSA) is 29.0 Å². The minimum atomic E-state index is 0.622. The average Bonchev–Trinajstić information content (AvgIpc) is 2.50. The fourth-order valence-corrected chi connectivity index (χ4v) is 2.97. The van der Waals surface area contributed by atoms with Gasteiger partial charge in [-0.2, -0.15) is 0 Å². The van der Waals surface area contributed by atoms with Gasteiger partial charge in [0.1, 0.15) is 12.1 Å². The maximum Gasteiger partial charge on any atom is 0.135 e. The molecule has 0 aliphatic rings. The molecule has 3 nitrogen and oxygen atoms in total. The zero-order valence-corrected chi connectivity index (χ0v) is 14.4. The number of hydrogen-bond acceptors (Lipinski definition) is 3. The van der Waals surface area contributed by atoms with Gasteiger partial charge in [0.2, 0.25) is 0 Å². The highest BCUT2D eigenvalue weighted by Gasteiger charge is 2.20. The van der Waals surface area contributed by atoms with Crippen LogP contribution in [0.1, 0.15) is 78.2 Å². The summed E-state index contributed by atoms with van der Waals surface area (Å²) in [6, 6.07) is 0.622. The highest BCUT2D eigenvalue weighted by molar-refractivity contribution is 5.46. The third kappa shape index (κ3) is 5.64. The lowest BCUT2D eigenvalue weighted by molar-refractivity contribution is 0.491. The summed E-state index contributed by atoms with van der Waals surface area (Å²) < 4.78 is 0. The van der Waals surface area contributed by atoms with Crippen molar-refractivity contribution in [3.8, 4) is 0 Å². The smallest absolute Gasteiger partial charge is 0.135 e. The lowest BCUT2D eigenvalue weighted by Crippen LogP contribution is -2.37. The van der Waals surface area contributed by atoms with Crippen molar-refractivity contribution in [2.24, 2.45) is 0 Å². The van der Waals surface area contributed by atoms with Gasteiger partial charge in [0.05, 0.1) is 0 Å². The summed E-state index contributed by atoms with van der Waals surface area (Å²) in [5.41, 5.74) is 1.31. The quantitative estimate of drug-likeness (QED) is 0.574. The molecule has 1 aromatic heterocycles. The number of hydrogen-bond donors (Lipinski definition) is 0. The van der Waals surface area contributed by atoms with Gasteiger partial charge in [-0.3, -0.25) is 0 Å². The Morgan fingerprint density at radius 1 is 1.00 bits per heavy atom. The Morgan fingerprint density at radius 2 is 1.71 bits per heavy atom. The predicted molar refractivity (Wildman–Crippen MR) is 91.9 cm³/mol. The van der Waals surface area contributed by atoms with E-state index < -0.39 is 0 Å². The predicted octanol–water partition coefficient (Wildman–Crippen LogP) is 5.00. The Hall–Kier alpha value is -1.12. The summed E-state index contributed by atoms with van der Waals surface area (Å²) in [5, 5.41) is 0. The number of nitrogens with zero attached hydrogens (tertiary/aromatic N) is 3. The molecule has 0 N–H and O–H groups in total. The second kappa shape index (κ2) is 10.6. The number of aryl methyl sites for hydroxylation is 1. The Kier molecular flexibility index (Phi) is 9.04. The molecular formula is C18H33N3. The maximum atomic E-state index is 4.65. The molecule has 0 saturated heterocycles. The average molecular weight is 291 g/mol. The molecule has 120 valence electrons. The first-order chi connectivity index (χ1) is 10.3. The standard InChI is InChI=1S/C18H33N3/c1-5-9-13-21(17(11-7-3)12-8-4)18-16(10-6-2)14-19-15-20-18/h14-15,17H,5-13H2,1-4H3. The van der Waals surface area contributed by atoms with E-state index in [1.807, 2.05) is 6.20 Å². The minimum Gasteiger partial charge on any atom is -0.353 e. The van der Waals surface area contributed by atoms with Crippen molar-refractivity contribution in [2.45, 2.75) is 85.1 Å². The van der Waals surface area contributed by atoms with E-state index in [9.17, 15) is 0 Å². The molecule has 0 bridgehead atoms. The van der Waals surface area contributed by atoms with Crippen LogP contribution in [0.5, 0.6) is 0 Å². The van der Waals surface area contributed by atoms with Gasteiger partial charge in [0, 0.05) is 24.3 Å². The summed E-state index contributed by atoms with van der Waals surface area (Å²) >= 11 is 0. The van der Waals surface area contributed by atoms with Crippen LogP contribution in [0.15, 0.2) is 12.5 Å². The van der Waals surface area contributed by atoms with Gasteiger partial charge >= 0.3 is 0 Å². The van der Waals surface area contributed by atoms with E-state index in [1.165, 1.54) is 49.9 Å². The van der Waals surface area contributed by atoms with Crippen LogP contribution in [0.4, 0.5) is 5.82 Å². The molecule has 3 heteroatoms. The lowest BCUT2D eigenvalue weighted by atomic mass is 10.0. The largest absolute Gasteiger partial charge is 0.353 e. The number of aromatic nitrogens is 2. The summed E-state index contributed by atoms with van der Waals surface area (Å²) in [4.78, 5) is 11.5. The molecule has 1 aromatic rings. The fraction of sp³-hybridized carbons (Fsp3) is 0.778. The van der Waals surface area contributed by atoms with Crippen LogP contribution >= 0.6 is 0 Å². The van der Waals surface area contributed by atoms with Crippen LogP contribution < -0.4 is 4.90 Å². The first kappa shape index (κ1) is 17.9. The van der Waals surface area contributed by atoms with Crippen LogP contribution in [-0.4, -0.2) is 22.6 Å². The van der Waals surface area contributed by atoms with E-state index in [1.54, 1.807) is 6.33 Å². The molecule has 21 heavy (non-hydrogen) atoms. The second-order valence-electron chi connectivity index (χ2n) is 5.90. The zero-order valence-electron chi connectivity index (χ0n) is 14.4. The van der Waals surface area contributed by atoms with Gasteiger partial charge < -0.3 is 4.90 Å². The second-order valence-corrected chi connectivity index (χ2v) is 5.90. The molecule has 0 amide bonds. The Bertz CT molecular complexity index is 372. The first-order valence-corrected chi connectivity index (χ1v) is 8.83. The Labute approximate surface area is 131 Å². The number of anilines is 1. The van der Waals surface area contributed by atoms with E-state index in [-0.39, 0.29) is 0 Å². The monoisotopic (exact) mass is 291 g/mol. The van der Waals surface area contributed by atoms with Crippen molar-refractivity contribution in [1.82, 2.24) is 9.97 Å². The van der Waals surface area contributed by atoms with Crippen molar-refractivity contribution in [3.63, 3.8) is 0 Å². The van der Waals surface area contributed by atoms with Crippen molar-refractivity contribution in [2.75, 3.05) is 11.4 Å². The molecule has 0 fully saturated rings. The molecule has 0 radical (unpaired) electrons. The third-order valence-corrected chi connectivity index (χ3v) is 3.99. The van der Waals surface area contributed by atoms with Crippen molar-refractivity contribution >= 4 is 5.82 Å². The normalized spacial score (nSPS) is 11.1. The van der Waals surface area contributed by atoms with E-state index >= 15 is 0 Å². The minimum absolute atomic E-state index is 0.622. The van der Waals surface area contributed by atoms with Gasteiger partial charge in [-0.1, -0.05) is 53.4 Å². The van der Waals surface area contributed by atoms with Crippen molar-refractivity contribution in [3.05, 3.63) is 18.1 Å². The highest BCUT2D eigenvalue weighted by atomic mass is 15.2. The Morgan fingerprint density at radius 3 is 2.29 bits per heavy atom. The van der Waals surface area contributed by atoms with Gasteiger partial charge in [-0.25, -0.2) is 9.97 Å². The van der Waals surface area contributed by atoms with Crippen LogP contribution in [-0.2, 0) is 6.42 Å². The number of rotatable bonds is 11. The third-order valence-electron chi connectivity index (χ3n) is 3.99. The lowest BCUT2D eigenvalue weighted by Gasteiger charge is -2.34. The molecule has 0 aliphatic heterocycles. The molecule has 1 heterocycles. The van der Waals surface area contributed by atoms with Crippen LogP contribution in [0, 0.1) is 0 Å². The maximum absolute atomic E-state index is 4.65. The zero-order chi connectivity index (χ0) is 15.5. The van der Waals surface area contributed by atoms with Crippen molar-refractivity contribution < 1.29 is 0 Å². The summed E-state index contributed by atoms with van der Waals surface area (Å²) in [7, 11) is 0. The molecule has 0 saturated carbocycles. The highest BCUT2D eigenvalue weighted by Crippen LogP contribution is 2.25. The summed E-state index contributed by atoms with van der Waals surface area (Å²) in [6.45, 7) is 10.2. The summed E-state index contributed by atoms with van der Waals surface area (Å²) in [6.07, 6.45) is 13.4. The molecule has 0 unspecified atom stereocenters. The molecule has 0 aromatic carbocycles. The van der Waals surface area contributed by atoms with Gasteiger partial charge in [-0.15, -0.1) is 0 Å². The number of unbranched alkanes of at least 4 members (excludes halogenated alkanes) is 1. The van der Waals surface area contributed by atoms with Gasteiger partial charge in [0.15, 0.2) is 0 Å². The molecule has 0 atom stereocenters. The van der Waals surface area contributed by atoms with Crippen LogP contribution in [0.3, 0.4) is 0 Å². The van der Waals surface area contributed by atoms with Crippen LogP contribution in [0.2, 0.25) is 0 Å². The van der Waals surface area contributed by atoms with E-state index in [2.05, 4.69) is 42.6 Å². The fourth-order valence-electron chi connectivity index (χ4n) is 2.97. The van der Waals surface area contributed by atoms with E-state index in [0.29, 0.717) is 6.04 Å². The van der Waals surface area contributed by atoms with Crippen molar-refractivity contribution in [1.29, 1.82) is 0 Å². The van der Waals surface area contributed by atoms with E-state index in [4.69, 9.17) is 0 Å². The van der Waals surface area contributed by atoms with Crippen LogP contribution in [0.25, 0.3) is 0 Å². The SMILES string of the molecule is CCCCN(c1ncncc1CCC)C(CCC)CCC. The molecule has 1 rings (SSSR count). The van der Waals surface area contributed by atoms with Gasteiger partial charge in [0.25, 0.3) is 0 Å². The molecule has 0 aliphatic carbocycles.